The van der Waals surface area contributed by atoms with E-state index < -0.39 is 5.91 Å². The van der Waals surface area contributed by atoms with Crippen LogP contribution in [0.1, 0.15) is 5.56 Å². The number of benzene rings is 1. The van der Waals surface area contributed by atoms with Crippen LogP contribution in [0.3, 0.4) is 0 Å². The maximum atomic E-state index is 12.1. The van der Waals surface area contributed by atoms with Crippen molar-refractivity contribution in [1.82, 2.24) is 10.3 Å². The summed E-state index contributed by atoms with van der Waals surface area (Å²) in [6.07, 6.45) is 4.63. The number of nitriles is 1. The maximum absolute atomic E-state index is 12.1. The Bertz CT molecular complexity index is 798. The lowest BCUT2D eigenvalue weighted by Gasteiger charge is -2.10. The number of amides is 1. The Hall–Kier alpha value is -3.53. The van der Waals surface area contributed by atoms with Gasteiger partial charge in [-0.2, -0.15) is 5.26 Å². The van der Waals surface area contributed by atoms with Crippen LogP contribution in [0.15, 0.2) is 54.5 Å². The molecular formula is C18H18N4O3. The summed E-state index contributed by atoms with van der Waals surface area (Å²) in [5.41, 5.74) is 1.36. The number of hydrogen-bond donors (Lipinski definition) is 2. The number of aromatic nitrogens is 1. The van der Waals surface area contributed by atoms with Gasteiger partial charge in [-0.25, -0.2) is 0 Å². The average Bonchev–Trinajstić information content (AvgIpc) is 2.67. The Morgan fingerprint density at radius 2 is 2.16 bits per heavy atom. The molecule has 0 atom stereocenters. The van der Waals surface area contributed by atoms with Crippen LogP contribution in [-0.2, 0) is 11.3 Å². The van der Waals surface area contributed by atoms with Gasteiger partial charge >= 0.3 is 0 Å². The lowest BCUT2D eigenvalue weighted by Crippen LogP contribution is -2.24. The van der Waals surface area contributed by atoms with Crippen LogP contribution in [0.2, 0.25) is 0 Å². The average molecular weight is 338 g/mol. The number of carbonyl (C=O) groups excluding carboxylic acids is 1. The number of carbonyl (C=O) groups is 1. The lowest BCUT2D eigenvalue weighted by atomic mass is 10.2. The molecule has 1 heterocycles. The normalized spacial score (nSPS) is 10.5. The molecule has 1 aromatic carbocycles. The third-order valence-electron chi connectivity index (χ3n) is 3.32. The fourth-order valence-electron chi connectivity index (χ4n) is 2.01. The van der Waals surface area contributed by atoms with Gasteiger partial charge in [0, 0.05) is 31.2 Å². The fourth-order valence-corrected chi connectivity index (χ4v) is 2.01. The minimum absolute atomic E-state index is 0.0613. The number of nitrogens with zero attached hydrogens (tertiary/aromatic N) is 2. The molecule has 0 unspecified atom stereocenters. The molecule has 1 aromatic heterocycles. The van der Waals surface area contributed by atoms with Crippen molar-refractivity contribution in [3.8, 4) is 17.6 Å². The van der Waals surface area contributed by atoms with Crippen molar-refractivity contribution in [3.63, 3.8) is 0 Å². The topological polar surface area (TPSA) is 96.3 Å². The van der Waals surface area contributed by atoms with Crippen molar-refractivity contribution in [2.75, 3.05) is 19.5 Å². The smallest absolute Gasteiger partial charge is 0.263 e. The standard InChI is InChI=1S/C18H18N4O3/c1-24-15-5-6-17(25-2)16(8-15)21-12-14(9-19)18(23)22-11-13-4-3-7-20-10-13/h3-8,10,12,21H,11H2,1-2H3,(H,22,23)/b14-12-. The molecule has 0 fully saturated rings. The molecule has 2 N–H and O–H groups in total. The third kappa shape index (κ3) is 4.97. The molecule has 7 nitrogen and oxygen atoms in total. The van der Waals surface area contributed by atoms with Gasteiger partial charge < -0.3 is 20.1 Å². The lowest BCUT2D eigenvalue weighted by molar-refractivity contribution is -0.117. The maximum Gasteiger partial charge on any atom is 0.263 e. The van der Waals surface area contributed by atoms with E-state index in [1.807, 2.05) is 12.1 Å². The second kappa shape index (κ2) is 8.93. The number of nitrogens with one attached hydrogen (secondary N) is 2. The third-order valence-corrected chi connectivity index (χ3v) is 3.32. The Balaban J connectivity index is 2.07. The van der Waals surface area contributed by atoms with Crippen molar-refractivity contribution < 1.29 is 14.3 Å². The SMILES string of the molecule is COc1ccc(OC)c(N/C=C(/C#N)C(=O)NCc2cccnc2)c1. The molecule has 1 amide bonds. The van der Waals surface area contributed by atoms with Crippen LogP contribution in [0.4, 0.5) is 5.69 Å². The highest BCUT2D eigenvalue weighted by Crippen LogP contribution is 2.28. The summed E-state index contributed by atoms with van der Waals surface area (Å²) >= 11 is 0. The zero-order valence-electron chi connectivity index (χ0n) is 13.9. The molecule has 0 saturated carbocycles. The first-order chi connectivity index (χ1) is 12.2. The molecule has 25 heavy (non-hydrogen) atoms. The van der Waals surface area contributed by atoms with E-state index >= 15 is 0 Å². The second-order valence-electron chi connectivity index (χ2n) is 4.92. The van der Waals surface area contributed by atoms with E-state index in [2.05, 4.69) is 15.6 Å². The quantitative estimate of drug-likeness (QED) is 0.594. The summed E-state index contributed by atoms with van der Waals surface area (Å²) in [5.74, 6) is 0.696. The summed E-state index contributed by atoms with van der Waals surface area (Å²) in [5, 5.41) is 14.8. The van der Waals surface area contributed by atoms with Crippen molar-refractivity contribution >= 4 is 11.6 Å². The van der Waals surface area contributed by atoms with E-state index in [9.17, 15) is 10.1 Å². The minimum atomic E-state index is -0.485. The molecule has 0 saturated heterocycles. The first-order valence-corrected chi connectivity index (χ1v) is 7.44. The largest absolute Gasteiger partial charge is 0.497 e. The van der Waals surface area contributed by atoms with E-state index in [1.165, 1.54) is 13.3 Å². The highest BCUT2D eigenvalue weighted by Gasteiger charge is 2.10. The van der Waals surface area contributed by atoms with Gasteiger partial charge in [0.15, 0.2) is 0 Å². The van der Waals surface area contributed by atoms with Crippen LogP contribution in [0.25, 0.3) is 0 Å². The molecule has 7 heteroatoms. The molecule has 2 rings (SSSR count). The van der Waals surface area contributed by atoms with Gasteiger partial charge in [-0.15, -0.1) is 0 Å². The van der Waals surface area contributed by atoms with E-state index in [-0.39, 0.29) is 12.1 Å². The van der Waals surface area contributed by atoms with Gasteiger partial charge in [0.2, 0.25) is 0 Å². The zero-order valence-corrected chi connectivity index (χ0v) is 13.9. The van der Waals surface area contributed by atoms with E-state index in [0.29, 0.717) is 17.2 Å². The highest BCUT2D eigenvalue weighted by molar-refractivity contribution is 5.97. The fraction of sp³-hybridized carbons (Fsp3) is 0.167. The van der Waals surface area contributed by atoms with Crippen molar-refractivity contribution in [2.24, 2.45) is 0 Å². The predicted molar refractivity (Wildman–Crippen MR) is 92.9 cm³/mol. The van der Waals surface area contributed by atoms with Crippen molar-refractivity contribution in [3.05, 3.63) is 60.1 Å². The second-order valence-corrected chi connectivity index (χ2v) is 4.92. The molecule has 0 bridgehead atoms. The van der Waals surface area contributed by atoms with Crippen LogP contribution < -0.4 is 20.1 Å². The van der Waals surface area contributed by atoms with Crippen LogP contribution >= 0.6 is 0 Å². The van der Waals surface area contributed by atoms with Gasteiger partial charge in [-0.05, 0) is 23.8 Å². The Labute approximate surface area is 145 Å². The Morgan fingerprint density at radius 1 is 1.32 bits per heavy atom. The summed E-state index contributed by atoms with van der Waals surface area (Å²) in [4.78, 5) is 16.1. The van der Waals surface area contributed by atoms with E-state index in [0.717, 1.165) is 5.56 Å². The molecule has 0 aliphatic carbocycles. The Morgan fingerprint density at radius 3 is 2.80 bits per heavy atom. The van der Waals surface area contributed by atoms with Crippen molar-refractivity contribution in [2.45, 2.75) is 6.54 Å². The highest BCUT2D eigenvalue weighted by atomic mass is 16.5. The number of methoxy groups -OCH3 is 2. The molecule has 0 spiro atoms. The molecule has 0 radical (unpaired) electrons. The number of rotatable bonds is 7. The van der Waals surface area contributed by atoms with Crippen molar-refractivity contribution in [1.29, 1.82) is 5.26 Å². The van der Waals surface area contributed by atoms with E-state index in [4.69, 9.17) is 9.47 Å². The molecule has 128 valence electrons. The Kier molecular flexibility index (Phi) is 6.37. The van der Waals surface area contributed by atoms with Gasteiger partial charge in [0.25, 0.3) is 5.91 Å². The van der Waals surface area contributed by atoms with Crippen LogP contribution in [0.5, 0.6) is 11.5 Å². The summed E-state index contributed by atoms with van der Waals surface area (Å²) < 4.78 is 10.4. The predicted octanol–water partition coefficient (Wildman–Crippen LogP) is 2.23. The summed E-state index contributed by atoms with van der Waals surface area (Å²) in [6.45, 7) is 0.286. The van der Waals surface area contributed by atoms with Gasteiger partial charge in [0.1, 0.15) is 23.1 Å². The number of ether oxygens (including phenoxy) is 2. The monoisotopic (exact) mass is 338 g/mol. The van der Waals surface area contributed by atoms with Crippen LogP contribution in [0, 0.1) is 11.3 Å². The number of anilines is 1. The summed E-state index contributed by atoms with van der Waals surface area (Å²) in [6, 6.07) is 10.7. The van der Waals surface area contributed by atoms with Gasteiger partial charge in [0.05, 0.1) is 19.9 Å². The molecular weight excluding hydrogens is 320 g/mol. The van der Waals surface area contributed by atoms with Gasteiger partial charge in [-0.1, -0.05) is 6.07 Å². The number of hydrogen-bond acceptors (Lipinski definition) is 6. The zero-order chi connectivity index (χ0) is 18.1. The minimum Gasteiger partial charge on any atom is -0.497 e. The molecule has 0 aliphatic rings. The van der Waals surface area contributed by atoms with E-state index in [1.54, 1.807) is 43.8 Å². The number of pyridine rings is 1. The molecule has 0 aliphatic heterocycles. The first-order valence-electron chi connectivity index (χ1n) is 7.44. The molecule has 2 aromatic rings. The summed E-state index contributed by atoms with van der Waals surface area (Å²) in [7, 11) is 3.08. The first kappa shape index (κ1) is 17.8. The van der Waals surface area contributed by atoms with Crippen LogP contribution in [-0.4, -0.2) is 25.1 Å². The van der Waals surface area contributed by atoms with Gasteiger partial charge in [-0.3, -0.25) is 9.78 Å².